The number of furan rings is 1. The summed E-state index contributed by atoms with van der Waals surface area (Å²) in [5, 5.41) is 0. The number of hydrogen-bond donors (Lipinski definition) is 2. The van der Waals surface area contributed by atoms with Crippen LogP contribution in [0, 0.1) is 6.92 Å². The summed E-state index contributed by atoms with van der Waals surface area (Å²) >= 11 is 6.43. The number of ether oxygens (including phenoxy) is 1. The summed E-state index contributed by atoms with van der Waals surface area (Å²) in [6.07, 6.45) is 0. The first-order chi connectivity index (χ1) is 10.5. The van der Waals surface area contributed by atoms with Gasteiger partial charge < -0.3 is 9.15 Å². The molecule has 0 aliphatic carbocycles. The summed E-state index contributed by atoms with van der Waals surface area (Å²) in [4.78, 5) is 23.3. The molecule has 0 atom stereocenters. The third-order valence-corrected chi connectivity index (χ3v) is 3.53. The zero-order valence-corrected chi connectivity index (χ0v) is 14.7. The fraction of sp³-hybridized carbons (Fsp3) is 0.143. The standard InChI is InChI=1S/C14H12Br2N2O4/c1-8-6-9(15)2-3-10(8)21-7-13(19)17-18-14(20)11-4-5-12(16)22-11/h2-6H,7H2,1H3,(H,17,19)(H,18,20). The van der Waals surface area contributed by atoms with E-state index in [0.29, 0.717) is 10.4 Å². The van der Waals surface area contributed by atoms with Crippen molar-refractivity contribution in [3.8, 4) is 5.75 Å². The SMILES string of the molecule is Cc1cc(Br)ccc1OCC(=O)NNC(=O)c1ccc(Br)o1. The van der Waals surface area contributed by atoms with Crippen molar-refractivity contribution >= 4 is 43.7 Å². The van der Waals surface area contributed by atoms with E-state index in [1.54, 1.807) is 12.1 Å². The average Bonchev–Trinajstić information content (AvgIpc) is 2.90. The number of hydrazine groups is 1. The topological polar surface area (TPSA) is 80.6 Å². The van der Waals surface area contributed by atoms with Crippen LogP contribution in [0.5, 0.6) is 5.75 Å². The van der Waals surface area contributed by atoms with E-state index in [-0.39, 0.29) is 12.4 Å². The van der Waals surface area contributed by atoms with Gasteiger partial charge in [0.2, 0.25) is 0 Å². The number of carbonyl (C=O) groups is 2. The van der Waals surface area contributed by atoms with E-state index in [9.17, 15) is 9.59 Å². The van der Waals surface area contributed by atoms with Crippen molar-refractivity contribution in [2.75, 3.05) is 6.61 Å². The highest BCUT2D eigenvalue weighted by Gasteiger charge is 2.12. The number of aryl methyl sites for hydroxylation is 1. The molecule has 0 spiro atoms. The number of amides is 2. The Morgan fingerprint density at radius 3 is 2.59 bits per heavy atom. The lowest BCUT2D eigenvalue weighted by Crippen LogP contribution is -2.43. The van der Waals surface area contributed by atoms with E-state index >= 15 is 0 Å². The minimum Gasteiger partial charge on any atom is -0.483 e. The molecule has 0 saturated heterocycles. The Bertz CT molecular complexity index is 700. The maximum Gasteiger partial charge on any atom is 0.305 e. The molecule has 0 aliphatic heterocycles. The van der Waals surface area contributed by atoms with Crippen molar-refractivity contribution in [2.24, 2.45) is 0 Å². The molecular weight excluding hydrogens is 420 g/mol. The van der Waals surface area contributed by atoms with E-state index in [0.717, 1.165) is 10.0 Å². The Labute approximate surface area is 143 Å². The second-order valence-corrected chi connectivity index (χ2v) is 6.00. The zero-order chi connectivity index (χ0) is 16.1. The molecule has 2 amide bonds. The Balaban J connectivity index is 1.79. The molecule has 0 bridgehead atoms. The third-order valence-electron chi connectivity index (χ3n) is 2.61. The van der Waals surface area contributed by atoms with Crippen LogP contribution in [0.15, 0.2) is 43.9 Å². The molecule has 1 aromatic heterocycles. The monoisotopic (exact) mass is 430 g/mol. The number of halogens is 2. The van der Waals surface area contributed by atoms with Gasteiger partial charge in [0.15, 0.2) is 17.0 Å². The largest absolute Gasteiger partial charge is 0.483 e. The number of carbonyl (C=O) groups excluding carboxylic acids is 2. The molecule has 0 saturated carbocycles. The molecule has 1 heterocycles. The quantitative estimate of drug-likeness (QED) is 0.729. The average molecular weight is 432 g/mol. The molecule has 0 fully saturated rings. The van der Waals surface area contributed by atoms with Crippen molar-refractivity contribution in [2.45, 2.75) is 6.92 Å². The Kier molecular flexibility index (Phi) is 5.62. The molecule has 6 nitrogen and oxygen atoms in total. The van der Waals surface area contributed by atoms with Gasteiger partial charge in [-0.25, -0.2) is 0 Å². The van der Waals surface area contributed by atoms with Gasteiger partial charge in [-0.15, -0.1) is 0 Å². The molecule has 1 aromatic carbocycles. The highest BCUT2D eigenvalue weighted by Crippen LogP contribution is 2.21. The Morgan fingerprint density at radius 1 is 1.18 bits per heavy atom. The van der Waals surface area contributed by atoms with Gasteiger partial charge in [0.1, 0.15) is 5.75 Å². The minimum atomic E-state index is -0.557. The molecule has 0 aliphatic rings. The highest BCUT2D eigenvalue weighted by molar-refractivity contribution is 9.10. The fourth-order valence-electron chi connectivity index (χ4n) is 1.58. The first-order valence-electron chi connectivity index (χ1n) is 6.19. The van der Waals surface area contributed by atoms with Crippen LogP contribution in [0.3, 0.4) is 0 Å². The number of hydrogen-bond acceptors (Lipinski definition) is 4. The first-order valence-corrected chi connectivity index (χ1v) is 7.78. The number of nitrogens with one attached hydrogen (secondary N) is 2. The normalized spacial score (nSPS) is 10.1. The first kappa shape index (κ1) is 16.6. The van der Waals surface area contributed by atoms with Crippen LogP contribution in [-0.2, 0) is 4.79 Å². The number of rotatable bonds is 4. The van der Waals surface area contributed by atoms with Crippen molar-refractivity contribution in [3.63, 3.8) is 0 Å². The van der Waals surface area contributed by atoms with E-state index in [4.69, 9.17) is 9.15 Å². The van der Waals surface area contributed by atoms with Crippen molar-refractivity contribution in [1.82, 2.24) is 10.9 Å². The lowest BCUT2D eigenvalue weighted by atomic mass is 10.2. The molecular formula is C14H12Br2N2O4. The van der Waals surface area contributed by atoms with Gasteiger partial charge in [-0.1, -0.05) is 15.9 Å². The van der Waals surface area contributed by atoms with Crippen LogP contribution in [0.1, 0.15) is 16.1 Å². The number of benzene rings is 1. The van der Waals surface area contributed by atoms with Crippen LogP contribution in [0.25, 0.3) is 0 Å². The smallest absolute Gasteiger partial charge is 0.305 e. The molecule has 2 rings (SSSR count). The minimum absolute atomic E-state index is 0.0804. The van der Waals surface area contributed by atoms with Crippen LogP contribution in [0.4, 0.5) is 0 Å². The molecule has 22 heavy (non-hydrogen) atoms. The Hall–Kier alpha value is -1.80. The second-order valence-electron chi connectivity index (χ2n) is 4.30. The van der Waals surface area contributed by atoms with E-state index < -0.39 is 11.8 Å². The van der Waals surface area contributed by atoms with Crippen molar-refractivity contribution in [3.05, 3.63) is 50.8 Å². The van der Waals surface area contributed by atoms with Gasteiger partial charge in [-0.05, 0) is 58.7 Å². The van der Waals surface area contributed by atoms with Gasteiger partial charge in [0.25, 0.3) is 5.91 Å². The Morgan fingerprint density at radius 2 is 1.95 bits per heavy atom. The van der Waals surface area contributed by atoms with Gasteiger partial charge in [-0.3, -0.25) is 20.4 Å². The summed E-state index contributed by atoms with van der Waals surface area (Å²) in [7, 11) is 0. The maximum atomic E-state index is 11.6. The predicted octanol–water partition coefficient (Wildman–Crippen LogP) is 2.95. The van der Waals surface area contributed by atoms with Crippen molar-refractivity contribution in [1.29, 1.82) is 0 Å². The summed E-state index contributed by atoms with van der Waals surface area (Å²) < 4.78 is 11.8. The summed E-state index contributed by atoms with van der Waals surface area (Å²) in [6.45, 7) is 1.65. The fourth-order valence-corrected chi connectivity index (χ4v) is 2.36. The summed E-state index contributed by atoms with van der Waals surface area (Å²) in [5.41, 5.74) is 5.37. The maximum absolute atomic E-state index is 11.6. The molecule has 0 radical (unpaired) electrons. The van der Waals surface area contributed by atoms with Crippen molar-refractivity contribution < 1.29 is 18.7 Å². The van der Waals surface area contributed by atoms with Gasteiger partial charge in [0.05, 0.1) is 0 Å². The molecule has 0 unspecified atom stereocenters. The van der Waals surface area contributed by atoms with Crippen LogP contribution in [-0.4, -0.2) is 18.4 Å². The molecule has 116 valence electrons. The van der Waals surface area contributed by atoms with Crippen LogP contribution >= 0.6 is 31.9 Å². The van der Waals surface area contributed by atoms with Crippen LogP contribution < -0.4 is 15.6 Å². The third kappa shape index (κ3) is 4.60. The van der Waals surface area contributed by atoms with Gasteiger partial charge >= 0.3 is 5.91 Å². The zero-order valence-electron chi connectivity index (χ0n) is 11.5. The van der Waals surface area contributed by atoms with E-state index in [2.05, 4.69) is 42.7 Å². The van der Waals surface area contributed by atoms with Gasteiger partial charge in [0, 0.05) is 4.47 Å². The lowest BCUT2D eigenvalue weighted by Gasteiger charge is -2.10. The lowest BCUT2D eigenvalue weighted by molar-refractivity contribution is -0.123. The van der Waals surface area contributed by atoms with Crippen LogP contribution in [0.2, 0.25) is 0 Å². The molecule has 8 heteroatoms. The van der Waals surface area contributed by atoms with E-state index in [1.165, 1.54) is 6.07 Å². The van der Waals surface area contributed by atoms with E-state index in [1.807, 2.05) is 19.1 Å². The highest BCUT2D eigenvalue weighted by atomic mass is 79.9. The molecule has 2 N–H and O–H groups in total. The molecule has 2 aromatic rings. The second kappa shape index (κ2) is 7.46. The summed E-state index contributed by atoms with van der Waals surface area (Å²) in [6, 6.07) is 8.51. The summed E-state index contributed by atoms with van der Waals surface area (Å²) in [5.74, 6) is -0.364. The predicted molar refractivity (Wildman–Crippen MR) is 86.4 cm³/mol. The van der Waals surface area contributed by atoms with Gasteiger partial charge in [-0.2, -0.15) is 0 Å².